The lowest BCUT2D eigenvalue weighted by Crippen LogP contribution is -2.50. The Morgan fingerprint density at radius 3 is 2.33 bits per heavy atom. The predicted molar refractivity (Wildman–Crippen MR) is 97.0 cm³/mol. The third-order valence-corrected chi connectivity index (χ3v) is 4.54. The van der Waals surface area contributed by atoms with Crippen molar-refractivity contribution in [3.8, 4) is 0 Å². The number of carbonyl (C=O) groups excluding carboxylic acids is 2. The van der Waals surface area contributed by atoms with Gasteiger partial charge in [-0.25, -0.2) is 0 Å². The van der Waals surface area contributed by atoms with Gasteiger partial charge in [0.15, 0.2) is 0 Å². The number of amides is 2. The first-order valence-electron chi connectivity index (χ1n) is 8.78. The van der Waals surface area contributed by atoms with E-state index in [9.17, 15) is 9.59 Å². The number of likely N-dealkylation sites (tertiary alicyclic amines) is 1. The predicted octanol–water partition coefficient (Wildman–Crippen LogP) is 3.43. The van der Waals surface area contributed by atoms with Gasteiger partial charge >= 0.3 is 0 Å². The monoisotopic (exact) mass is 350 g/mol. The number of nitrogens with zero attached hydrogens (tertiary/aromatic N) is 1. The summed E-state index contributed by atoms with van der Waals surface area (Å²) >= 11 is 5.87. The maximum absolute atomic E-state index is 12.8. The SMILES string of the molecule is CC(C)C[C@@H](NC(=O)Cc1ccc(Cl)cc1)C(=O)N1CCCCC1. The molecular weight excluding hydrogens is 324 g/mol. The summed E-state index contributed by atoms with van der Waals surface area (Å²) in [6.07, 6.45) is 4.22. The summed E-state index contributed by atoms with van der Waals surface area (Å²) in [5.74, 6) is 0.292. The fraction of sp³-hybridized carbons (Fsp3) is 0.579. The van der Waals surface area contributed by atoms with Crippen LogP contribution in [0.15, 0.2) is 24.3 Å². The molecule has 1 saturated heterocycles. The average molecular weight is 351 g/mol. The molecule has 1 heterocycles. The van der Waals surface area contributed by atoms with Gasteiger partial charge in [-0.3, -0.25) is 9.59 Å². The summed E-state index contributed by atoms with van der Waals surface area (Å²) in [4.78, 5) is 27.0. The highest BCUT2D eigenvalue weighted by Crippen LogP contribution is 2.14. The van der Waals surface area contributed by atoms with Gasteiger partial charge in [-0.2, -0.15) is 0 Å². The highest BCUT2D eigenvalue weighted by molar-refractivity contribution is 6.30. The summed E-state index contributed by atoms with van der Waals surface area (Å²) in [6.45, 7) is 5.75. The molecule has 5 heteroatoms. The number of nitrogens with one attached hydrogen (secondary N) is 1. The Morgan fingerprint density at radius 1 is 1.12 bits per heavy atom. The Hall–Kier alpha value is -1.55. The van der Waals surface area contributed by atoms with Crippen molar-refractivity contribution in [1.29, 1.82) is 0 Å². The van der Waals surface area contributed by atoms with Crippen LogP contribution in [0.1, 0.15) is 45.1 Å². The topological polar surface area (TPSA) is 49.4 Å². The van der Waals surface area contributed by atoms with Crippen LogP contribution in [0.5, 0.6) is 0 Å². The van der Waals surface area contributed by atoms with Crippen LogP contribution in [-0.2, 0) is 16.0 Å². The van der Waals surface area contributed by atoms with E-state index < -0.39 is 6.04 Å². The van der Waals surface area contributed by atoms with Crippen molar-refractivity contribution in [3.05, 3.63) is 34.9 Å². The highest BCUT2D eigenvalue weighted by Gasteiger charge is 2.27. The molecule has 0 saturated carbocycles. The van der Waals surface area contributed by atoms with E-state index in [1.165, 1.54) is 6.42 Å². The number of piperidine rings is 1. The van der Waals surface area contributed by atoms with Gasteiger partial charge < -0.3 is 10.2 Å². The highest BCUT2D eigenvalue weighted by atomic mass is 35.5. The summed E-state index contributed by atoms with van der Waals surface area (Å²) < 4.78 is 0. The van der Waals surface area contributed by atoms with Crippen molar-refractivity contribution in [2.45, 2.75) is 52.0 Å². The molecule has 1 atom stereocenters. The molecule has 132 valence electrons. The van der Waals surface area contributed by atoms with Crippen LogP contribution < -0.4 is 5.32 Å². The summed E-state index contributed by atoms with van der Waals surface area (Å²) in [6, 6.07) is 6.80. The van der Waals surface area contributed by atoms with Crippen molar-refractivity contribution >= 4 is 23.4 Å². The smallest absolute Gasteiger partial charge is 0.245 e. The van der Waals surface area contributed by atoms with Crippen molar-refractivity contribution in [2.75, 3.05) is 13.1 Å². The number of benzene rings is 1. The molecule has 0 aromatic heterocycles. The number of hydrogen-bond acceptors (Lipinski definition) is 2. The van der Waals surface area contributed by atoms with Gasteiger partial charge in [0.1, 0.15) is 6.04 Å². The maximum Gasteiger partial charge on any atom is 0.245 e. The van der Waals surface area contributed by atoms with E-state index >= 15 is 0 Å². The fourth-order valence-corrected chi connectivity index (χ4v) is 3.19. The first-order chi connectivity index (χ1) is 11.5. The van der Waals surface area contributed by atoms with Crippen LogP contribution in [-0.4, -0.2) is 35.8 Å². The van der Waals surface area contributed by atoms with Crippen LogP contribution in [0.4, 0.5) is 0 Å². The molecule has 1 aromatic rings. The molecule has 1 aliphatic heterocycles. The largest absolute Gasteiger partial charge is 0.344 e. The van der Waals surface area contributed by atoms with E-state index in [1.807, 2.05) is 17.0 Å². The van der Waals surface area contributed by atoms with Crippen LogP contribution in [0, 0.1) is 5.92 Å². The molecule has 0 bridgehead atoms. The third kappa shape index (κ3) is 5.82. The molecule has 1 fully saturated rings. The normalized spacial score (nSPS) is 16.1. The van der Waals surface area contributed by atoms with E-state index in [4.69, 9.17) is 11.6 Å². The molecule has 1 aliphatic rings. The van der Waals surface area contributed by atoms with Crippen molar-refractivity contribution in [1.82, 2.24) is 10.2 Å². The summed E-state index contributed by atoms with van der Waals surface area (Å²) in [5, 5.41) is 3.60. The number of hydrogen-bond donors (Lipinski definition) is 1. The molecule has 4 nitrogen and oxygen atoms in total. The van der Waals surface area contributed by atoms with Gasteiger partial charge in [0, 0.05) is 18.1 Å². The van der Waals surface area contributed by atoms with Crippen molar-refractivity contribution < 1.29 is 9.59 Å². The van der Waals surface area contributed by atoms with Crippen LogP contribution in [0.25, 0.3) is 0 Å². The van der Waals surface area contributed by atoms with Crippen LogP contribution in [0.2, 0.25) is 5.02 Å². The van der Waals surface area contributed by atoms with Gasteiger partial charge in [-0.05, 0) is 49.3 Å². The minimum Gasteiger partial charge on any atom is -0.344 e. The van der Waals surface area contributed by atoms with E-state index in [-0.39, 0.29) is 18.2 Å². The van der Waals surface area contributed by atoms with Crippen LogP contribution in [0.3, 0.4) is 0 Å². The number of carbonyl (C=O) groups is 2. The minimum absolute atomic E-state index is 0.0628. The lowest BCUT2D eigenvalue weighted by atomic mass is 10.0. The molecule has 2 amide bonds. The molecular formula is C19H27ClN2O2. The van der Waals surface area contributed by atoms with Crippen LogP contribution >= 0.6 is 11.6 Å². The molecule has 0 radical (unpaired) electrons. The van der Waals surface area contributed by atoms with Crippen molar-refractivity contribution in [2.24, 2.45) is 5.92 Å². The van der Waals surface area contributed by atoms with Gasteiger partial charge in [0.25, 0.3) is 0 Å². The van der Waals surface area contributed by atoms with E-state index in [1.54, 1.807) is 12.1 Å². The van der Waals surface area contributed by atoms with Gasteiger partial charge in [0.2, 0.25) is 11.8 Å². The second kappa shape index (κ2) is 9.07. The molecule has 2 rings (SSSR count). The molecule has 24 heavy (non-hydrogen) atoms. The quantitative estimate of drug-likeness (QED) is 0.854. The van der Waals surface area contributed by atoms with E-state index in [0.717, 1.165) is 31.5 Å². The Kier molecular flexibility index (Phi) is 7.10. The first-order valence-corrected chi connectivity index (χ1v) is 9.16. The second-order valence-electron chi connectivity index (χ2n) is 6.94. The number of rotatable bonds is 6. The molecule has 0 spiro atoms. The second-order valence-corrected chi connectivity index (χ2v) is 7.38. The average Bonchev–Trinajstić information content (AvgIpc) is 2.56. The lowest BCUT2D eigenvalue weighted by molar-refractivity contribution is -0.137. The molecule has 1 N–H and O–H groups in total. The standard InChI is InChI=1S/C19H27ClN2O2/c1-14(2)12-17(19(24)22-10-4-3-5-11-22)21-18(23)13-15-6-8-16(20)9-7-15/h6-9,14,17H,3-5,10-13H2,1-2H3,(H,21,23)/t17-/m1/s1. The minimum atomic E-state index is -0.428. The molecule has 0 unspecified atom stereocenters. The molecule has 1 aromatic carbocycles. The van der Waals surface area contributed by atoms with Gasteiger partial charge in [-0.15, -0.1) is 0 Å². The maximum atomic E-state index is 12.8. The van der Waals surface area contributed by atoms with Gasteiger partial charge in [-0.1, -0.05) is 37.6 Å². The first kappa shape index (κ1) is 18.8. The summed E-state index contributed by atoms with van der Waals surface area (Å²) in [5.41, 5.74) is 0.894. The van der Waals surface area contributed by atoms with Gasteiger partial charge in [0.05, 0.1) is 6.42 Å². The number of halogens is 1. The molecule has 0 aliphatic carbocycles. The Morgan fingerprint density at radius 2 is 1.75 bits per heavy atom. The Bertz CT molecular complexity index is 551. The zero-order valence-corrected chi connectivity index (χ0v) is 15.3. The third-order valence-electron chi connectivity index (χ3n) is 4.29. The summed E-state index contributed by atoms with van der Waals surface area (Å²) in [7, 11) is 0. The fourth-order valence-electron chi connectivity index (χ4n) is 3.06. The zero-order chi connectivity index (χ0) is 17.5. The lowest BCUT2D eigenvalue weighted by Gasteiger charge is -2.31. The van der Waals surface area contributed by atoms with E-state index in [0.29, 0.717) is 17.4 Å². The Labute approximate surface area is 149 Å². The van der Waals surface area contributed by atoms with E-state index in [2.05, 4.69) is 19.2 Å². The zero-order valence-electron chi connectivity index (χ0n) is 14.6. The Balaban J connectivity index is 1.97. The van der Waals surface area contributed by atoms with Crippen molar-refractivity contribution in [3.63, 3.8) is 0 Å².